The van der Waals surface area contributed by atoms with Crippen molar-refractivity contribution in [3.8, 4) is 0 Å². The zero-order valence-electron chi connectivity index (χ0n) is 9.24. The van der Waals surface area contributed by atoms with E-state index in [1.165, 1.54) is 22.8 Å². The van der Waals surface area contributed by atoms with Crippen molar-refractivity contribution in [1.29, 1.82) is 0 Å². The largest absolute Gasteiger partial charge is 0.290 e. The lowest BCUT2D eigenvalue weighted by Gasteiger charge is -2.06. The Morgan fingerprint density at radius 1 is 1.32 bits per heavy atom. The molecule has 1 aromatic heterocycles. The maximum absolute atomic E-state index is 13.1. The number of anilines is 1. The zero-order chi connectivity index (χ0) is 14.0. The Labute approximate surface area is 111 Å². The van der Waals surface area contributed by atoms with Gasteiger partial charge in [-0.2, -0.15) is 11.3 Å². The molecular formula is C10H7FN2O4S2. The van der Waals surface area contributed by atoms with Gasteiger partial charge >= 0.3 is 0 Å². The van der Waals surface area contributed by atoms with Gasteiger partial charge < -0.3 is 0 Å². The lowest BCUT2D eigenvalue weighted by molar-refractivity contribution is -0.387. The van der Waals surface area contributed by atoms with Crippen LogP contribution in [0.25, 0.3) is 0 Å². The van der Waals surface area contributed by atoms with Crippen LogP contribution >= 0.6 is 11.3 Å². The van der Waals surface area contributed by atoms with Gasteiger partial charge in [0.25, 0.3) is 15.7 Å². The summed E-state index contributed by atoms with van der Waals surface area (Å²) in [6.45, 7) is 0. The van der Waals surface area contributed by atoms with Crippen molar-refractivity contribution in [2.24, 2.45) is 0 Å². The molecule has 6 nitrogen and oxygen atoms in total. The third-order valence-corrected chi connectivity index (χ3v) is 4.28. The van der Waals surface area contributed by atoms with Gasteiger partial charge in [0.15, 0.2) is 4.90 Å². The fraction of sp³-hybridized carbons (Fsp3) is 0. The Morgan fingerprint density at radius 3 is 2.63 bits per heavy atom. The molecule has 1 aromatic carbocycles. The van der Waals surface area contributed by atoms with Crippen molar-refractivity contribution in [3.05, 3.63) is 51.0 Å². The maximum atomic E-state index is 13.1. The standard InChI is InChI=1S/C10H7FN2O4S2/c11-7-1-2-9(13(14)15)10(5-7)19(16,17)12-8-3-4-18-6-8/h1-6,12H. The summed E-state index contributed by atoms with van der Waals surface area (Å²) in [7, 11) is -4.21. The number of rotatable bonds is 4. The molecule has 100 valence electrons. The predicted molar refractivity (Wildman–Crippen MR) is 68.2 cm³/mol. The molecule has 9 heteroatoms. The fourth-order valence-corrected chi connectivity index (χ4v) is 3.28. The molecular weight excluding hydrogens is 295 g/mol. The van der Waals surface area contributed by atoms with E-state index < -0.39 is 31.3 Å². The van der Waals surface area contributed by atoms with E-state index in [2.05, 4.69) is 4.72 Å². The number of sulfonamides is 1. The van der Waals surface area contributed by atoms with Crippen LogP contribution in [0.15, 0.2) is 39.9 Å². The molecule has 0 saturated heterocycles. The third-order valence-electron chi connectivity index (χ3n) is 2.18. The topological polar surface area (TPSA) is 89.3 Å². The lowest BCUT2D eigenvalue weighted by atomic mass is 10.3. The number of halogens is 1. The molecule has 0 amide bonds. The van der Waals surface area contributed by atoms with Crippen LogP contribution in [0.5, 0.6) is 0 Å². The van der Waals surface area contributed by atoms with Crippen LogP contribution in [-0.2, 0) is 10.0 Å². The molecule has 0 aliphatic rings. The summed E-state index contributed by atoms with van der Waals surface area (Å²) in [4.78, 5) is 9.20. The first kappa shape index (κ1) is 13.4. The number of thiophene rings is 1. The van der Waals surface area contributed by atoms with E-state index in [-0.39, 0.29) is 5.69 Å². The van der Waals surface area contributed by atoms with E-state index in [1.807, 2.05) is 0 Å². The van der Waals surface area contributed by atoms with Gasteiger partial charge in [-0.05, 0) is 17.5 Å². The van der Waals surface area contributed by atoms with Crippen LogP contribution in [-0.4, -0.2) is 13.3 Å². The first-order valence-electron chi connectivity index (χ1n) is 4.89. The Bertz CT molecular complexity index is 713. The molecule has 0 aliphatic carbocycles. The van der Waals surface area contributed by atoms with Crippen LogP contribution in [0.4, 0.5) is 15.8 Å². The van der Waals surface area contributed by atoms with Crippen LogP contribution < -0.4 is 4.72 Å². The Hall–Kier alpha value is -2.00. The Balaban J connectivity index is 2.50. The number of hydrogen-bond acceptors (Lipinski definition) is 5. The minimum Gasteiger partial charge on any atom is -0.279 e. The van der Waals surface area contributed by atoms with E-state index in [4.69, 9.17) is 0 Å². The van der Waals surface area contributed by atoms with Crippen LogP contribution in [0.3, 0.4) is 0 Å². The Kier molecular flexibility index (Phi) is 3.49. The molecule has 0 saturated carbocycles. The molecule has 19 heavy (non-hydrogen) atoms. The van der Waals surface area contributed by atoms with Gasteiger partial charge in [0.05, 0.1) is 10.6 Å². The highest BCUT2D eigenvalue weighted by molar-refractivity contribution is 7.92. The molecule has 1 heterocycles. The van der Waals surface area contributed by atoms with Crippen molar-refractivity contribution >= 4 is 32.7 Å². The summed E-state index contributed by atoms with van der Waals surface area (Å²) in [5, 5.41) is 13.9. The molecule has 0 bridgehead atoms. The normalized spacial score (nSPS) is 11.2. The van der Waals surface area contributed by atoms with Gasteiger partial charge in [-0.1, -0.05) is 0 Å². The molecule has 1 N–H and O–H groups in total. The second-order valence-corrected chi connectivity index (χ2v) is 5.92. The first-order valence-corrected chi connectivity index (χ1v) is 7.32. The van der Waals surface area contributed by atoms with Crippen LogP contribution in [0, 0.1) is 15.9 Å². The van der Waals surface area contributed by atoms with Crippen molar-refractivity contribution in [2.75, 3.05) is 4.72 Å². The van der Waals surface area contributed by atoms with Crippen molar-refractivity contribution in [2.45, 2.75) is 4.90 Å². The predicted octanol–water partition coefficient (Wildman–Crippen LogP) is 2.60. The molecule has 0 spiro atoms. The quantitative estimate of drug-likeness (QED) is 0.694. The number of nitrogens with zero attached hydrogens (tertiary/aromatic N) is 1. The molecule has 0 aliphatic heterocycles. The van der Waals surface area contributed by atoms with Gasteiger partial charge in [-0.25, -0.2) is 12.8 Å². The number of nitro benzene ring substituents is 1. The smallest absolute Gasteiger partial charge is 0.279 e. The van der Waals surface area contributed by atoms with Gasteiger partial charge in [0, 0.05) is 17.5 Å². The van der Waals surface area contributed by atoms with Crippen LogP contribution in [0.1, 0.15) is 0 Å². The van der Waals surface area contributed by atoms with Gasteiger partial charge in [0.2, 0.25) is 0 Å². The number of nitro groups is 1. The van der Waals surface area contributed by atoms with E-state index in [0.717, 1.165) is 12.1 Å². The SMILES string of the molecule is O=[N+]([O-])c1ccc(F)cc1S(=O)(=O)Nc1ccsc1. The highest BCUT2D eigenvalue weighted by Crippen LogP contribution is 2.27. The number of benzene rings is 1. The Morgan fingerprint density at radius 2 is 2.05 bits per heavy atom. The summed E-state index contributed by atoms with van der Waals surface area (Å²) in [6, 6.07) is 3.76. The molecule has 0 radical (unpaired) electrons. The van der Waals surface area contributed by atoms with Crippen molar-refractivity contribution in [3.63, 3.8) is 0 Å². The minimum atomic E-state index is -4.21. The van der Waals surface area contributed by atoms with Gasteiger partial charge in [-0.3, -0.25) is 14.8 Å². The second kappa shape index (κ2) is 4.94. The summed E-state index contributed by atoms with van der Waals surface area (Å²) < 4.78 is 39.3. The minimum absolute atomic E-state index is 0.267. The van der Waals surface area contributed by atoms with E-state index >= 15 is 0 Å². The summed E-state index contributed by atoms with van der Waals surface area (Å²) >= 11 is 1.25. The van der Waals surface area contributed by atoms with Crippen molar-refractivity contribution < 1.29 is 17.7 Å². The fourth-order valence-electron chi connectivity index (χ4n) is 1.39. The molecule has 2 rings (SSSR count). The van der Waals surface area contributed by atoms with Gasteiger partial charge in [0.1, 0.15) is 5.82 Å². The average Bonchev–Trinajstić information content (AvgIpc) is 2.80. The summed E-state index contributed by atoms with van der Waals surface area (Å²) in [6.07, 6.45) is 0. The first-order chi connectivity index (χ1) is 8.90. The molecule has 2 aromatic rings. The summed E-state index contributed by atoms with van der Waals surface area (Å²) in [5.74, 6) is -0.865. The maximum Gasteiger partial charge on any atom is 0.290 e. The molecule has 0 fully saturated rings. The van der Waals surface area contributed by atoms with E-state index in [0.29, 0.717) is 6.07 Å². The highest BCUT2D eigenvalue weighted by Gasteiger charge is 2.26. The van der Waals surface area contributed by atoms with E-state index in [9.17, 15) is 22.9 Å². The second-order valence-electron chi connectivity index (χ2n) is 3.49. The van der Waals surface area contributed by atoms with E-state index in [1.54, 1.807) is 5.38 Å². The third kappa shape index (κ3) is 2.88. The molecule has 0 atom stereocenters. The van der Waals surface area contributed by atoms with Crippen LogP contribution in [0.2, 0.25) is 0 Å². The average molecular weight is 302 g/mol. The molecule has 0 unspecified atom stereocenters. The van der Waals surface area contributed by atoms with Gasteiger partial charge in [-0.15, -0.1) is 0 Å². The highest BCUT2D eigenvalue weighted by atomic mass is 32.2. The number of hydrogen-bond donors (Lipinski definition) is 1. The monoisotopic (exact) mass is 302 g/mol. The number of nitrogens with one attached hydrogen (secondary N) is 1. The summed E-state index contributed by atoms with van der Waals surface area (Å²) in [5.41, 5.74) is -0.410. The zero-order valence-corrected chi connectivity index (χ0v) is 10.9. The lowest BCUT2D eigenvalue weighted by Crippen LogP contribution is -2.14. The van der Waals surface area contributed by atoms with Crippen molar-refractivity contribution in [1.82, 2.24) is 0 Å².